The zero-order valence-corrected chi connectivity index (χ0v) is 12.6. The molecular weight excluding hydrogens is 246 g/mol. The number of anilines is 1. The quantitative estimate of drug-likeness (QED) is 0.928. The topological polar surface area (TPSA) is 28.2 Å². The van der Waals surface area contributed by atoms with Crippen LogP contribution in [0.4, 0.5) is 5.69 Å². The predicted molar refractivity (Wildman–Crippen MR) is 85.3 cm³/mol. The van der Waals surface area contributed by atoms with E-state index in [9.17, 15) is 0 Å². The van der Waals surface area contributed by atoms with Crippen molar-refractivity contribution in [2.75, 3.05) is 31.6 Å². The first-order chi connectivity index (χ1) is 9.61. The average molecular weight is 269 g/mol. The van der Waals surface area contributed by atoms with Crippen LogP contribution in [0.1, 0.15) is 19.0 Å². The van der Waals surface area contributed by atoms with Gasteiger partial charge in [0, 0.05) is 36.4 Å². The van der Waals surface area contributed by atoms with Crippen molar-refractivity contribution in [3.05, 3.63) is 36.0 Å². The Hall–Kier alpha value is -1.61. The van der Waals surface area contributed by atoms with E-state index in [2.05, 4.69) is 59.4 Å². The van der Waals surface area contributed by atoms with Gasteiger partial charge in [0.2, 0.25) is 0 Å². The number of pyridine rings is 1. The third-order valence-corrected chi connectivity index (χ3v) is 4.32. The predicted octanol–water partition coefficient (Wildman–Crippen LogP) is 2.98. The molecule has 1 aliphatic rings. The van der Waals surface area contributed by atoms with E-state index in [1.54, 1.807) is 0 Å². The first kappa shape index (κ1) is 13.4. The second kappa shape index (κ2) is 5.06. The van der Waals surface area contributed by atoms with Crippen molar-refractivity contribution in [2.24, 2.45) is 5.41 Å². The van der Waals surface area contributed by atoms with Crippen molar-refractivity contribution in [3.63, 3.8) is 0 Å². The van der Waals surface area contributed by atoms with Crippen molar-refractivity contribution in [1.29, 1.82) is 0 Å². The van der Waals surface area contributed by atoms with Crippen LogP contribution in [0.15, 0.2) is 30.3 Å². The SMILES string of the molecule is CNCC1(C)CCN(c2cc(C)nc3ccccc23)C1. The third kappa shape index (κ3) is 2.38. The molecule has 3 heteroatoms. The van der Waals surface area contributed by atoms with Crippen LogP contribution >= 0.6 is 0 Å². The normalized spacial score (nSPS) is 22.6. The standard InChI is InChI=1S/C17H23N3/c1-13-10-16(14-6-4-5-7-15(14)19-13)20-9-8-17(2,12-20)11-18-3/h4-7,10,18H,8-9,11-12H2,1-3H3. The Balaban J connectivity index is 1.99. The molecule has 3 rings (SSSR count). The van der Waals surface area contributed by atoms with Crippen LogP contribution in [0.2, 0.25) is 0 Å². The molecule has 0 saturated carbocycles. The Morgan fingerprint density at radius 1 is 1.35 bits per heavy atom. The molecule has 20 heavy (non-hydrogen) atoms. The van der Waals surface area contributed by atoms with Gasteiger partial charge < -0.3 is 10.2 Å². The highest BCUT2D eigenvalue weighted by Gasteiger charge is 2.33. The summed E-state index contributed by atoms with van der Waals surface area (Å²) in [5, 5.41) is 4.60. The van der Waals surface area contributed by atoms with Gasteiger partial charge in [-0.25, -0.2) is 0 Å². The fourth-order valence-corrected chi connectivity index (χ4v) is 3.35. The largest absolute Gasteiger partial charge is 0.370 e. The second-order valence-electron chi connectivity index (χ2n) is 6.31. The number of benzene rings is 1. The van der Waals surface area contributed by atoms with Gasteiger partial charge in [-0.2, -0.15) is 0 Å². The number of nitrogens with one attached hydrogen (secondary N) is 1. The number of aromatic nitrogens is 1. The molecule has 1 atom stereocenters. The molecule has 1 aromatic heterocycles. The van der Waals surface area contributed by atoms with Gasteiger partial charge in [0.1, 0.15) is 0 Å². The molecule has 1 fully saturated rings. The summed E-state index contributed by atoms with van der Waals surface area (Å²) < 4.78 is 0. The highest BCUT2D eigenvalue weighted by Crippen LogP contribution is 2.36. The van der Waals surface area contributed by atoms with E-state index in [1.807, 2.05) is 7.05 Å². The van der Waals surface area contributed by atoms with E-state index >= 15 is 0 Å². The lowest BCUT2D eigenvalue weighted by atomic mass is 9.90. The highest BCUT2D eigenvalue weighted by molar-refractivity contribution is 5.92. The summed E-state index contributed by atoms with van der Waals surface area (Å²) in [6, 6.07) is 10.7. The first-order valence-corrected chi connectivity index (χ1v) is 7.37. The number of nitrogens with zero attached hydrogens (tertiary/aromatic N) is 2. The van der Waals surface area contributed by atoms with E-state index in [0.29, 0.717) is 5.41 Å². The summed E-state index contributed by atoms with van der Waals surface area (Å²) >= 11 is 0. The molecule has 0 bridgehead atoms. The van der Waals surface area contributed by atoms with E-state index in [0.717, 1.165) is 30.8 Å². The summed E-state index contributed by atoms with van der Waals surface area (Å²) in [5.41, 5.74) is 3.91. The Labute approximate surface area is 121 Å². The Morgan fingerprint density at radius 2 is 2.15 bits per heavy atom. The van der Waals surface area contributed by atoms with E-state index in [1.165, 1.54) is 17.5 Å². The number of hydrogen-bond acceptors (Lipinski definition) is 3. The van der Waals surface area contributed by atoms with Crippen LogP contribution in [0.5, 0.6) is 0 Å². The van der Waals surface area contributed by atoms with Gasteiger partial charge in [0.05, 0.1) is 5.52 Å². The summed E-state index contributed by atoms with van der Waals surface area (Å²) in [7, 11) is 2.04. The van der Waals surface area contributed by atoms with Crippen LogP contribution in [0.25, 0.3) is 10.9 Å². The lowest BCUT2D eigenvalue weighted by Gasteiger charge is -2.26. The Bertz CT molecular complexity index is 623. The summed E-state index contributed by atoms with van der Waals surface area (Å²) in [6.07, 6.45) is 1.24. The van der Waals surface area contributed by atoms with Gasteiger partial charge in [-0.3, -0.25) is 4.98 Å². The van der Waals surface area contributed by atoms with E-state index < -0.39 is 0 Å². The van der Waals surface area contributed by atoms with Gasteiger partial charge in [-0.05, 0) is 37.9 Å². The van der Waals surface area contributed by atoms with Crippen molar-refractivity contribution < 1.29 is 0 Å². The molecule has 1 aromatic carbocycles. The number of rotatable bonds is 3. The summed E-state index contributed by atoms with van der Waals surface area (Å²) in [4.78, 5) is 7.16. The maximum absolute atomic E-state index is 4.64. The minimum Gasteiger partial charge on any atom is -0.370 e. The van der Waals surface area contributed by atoms with Gasteiger partial charge in [0.15, 0.2) is 0 Å². The monoisotopic (exact) mass is 269 g/mol. The average Bonchev–Trinajstić information content (AvgIpc) is 2.80. The van der Waals surface area contributed by atoms with Crippen LogP contribution in [0.3, 0.4) is 0 Å². The minimum absolute atomic E-state index is 0.368. The van der Waals surface area contributed by atoms with Crippen LogP contribution in [-0.2, 0) is 0 Å². The molecule has 0 spiro atoms. The molecule has 1 aliphatic heterocycles. The van der Waals surface area contributed by atoms with E-state index in [-0.39, 0.29) is 0 Å². The van der Waals surface area contributed by atoms with Crippen LogP contribution in [0, 0.1) is 12.3 Å². The lowest BCUT2D eigenvalue weighted by molar-refractivity contribution is 0.356. The molecule has 0 radical (unpaired) electrons. The Morgan fingerprint density at radius 3 is 2.95 bits per heavy atom. The highest BCUT2D eigenvalue weighted by atomic mass is 15.2. The zero-order chi connectivity index (χ0) is 14.2. The van der Waals surface area contributed by atoms with Crippen molar-refractivity contribution in [1.82, 2.24) is 10.3 Å². The number of para-hydroxylation sites is 1. The van der Waals surface area contributed by atoms with Gasteiger partial charge in [0.25, 0.3) is 0 Å². The maximum atomic E-state index is 4.64. The fraction of sp³-hybridized carbons (Fsp3) is 0.471. The van der Waals surface area contributed by atoms with E-state index in [4.69, 9.17) is 0 Å². The lowest BCUT2D eigenvalue weighted by Crippen LogP contribution is -2.33. The van der Waals surface area contributed by atoms with Crippen LogP contribution in [-0.4, -0.2) is 31.7 Å². The molecule has 1 unspecified atom stereocenters. The first-order valence-electron chi connectivity index (χ1n) is 7.37. The fourth-order valence-electron chi connectivity index (χ4n) is 3.35. The van der Waals surface area contributed by atoms with Gasteiger partial charge in [-0.1, -0.05) is 25.1 Å². The van der Waals surface area contributed by atoms with Gasteiger partial charge >= 0.3 is 0 Å². The number of fused-ring (bicyclic) bond motifs is 1. The van der Waals surface area contributed by atoms with Crippen molar-refractivity contribution in [2.45, 2.75) is 20.3 Å². The molecule has 0 amide bonds. The zero-order valence-electron chi connectivity index (χ0n) is 12.6. The van der Waals surface area contributed by atoms with Gasteiger partial charge in [-0.15, -0.1) is 0 Å². The summed E-state index contributed by atoms with van der Waals surface area (Å²) in [6.45, 7) is 7.77. The number of hydrogen-bond donors (Lipinski definition) is 1. The second-order valence-corrected chi connectivity index (χ2v) is 6.31. The molecule has 2 aromatic rings. The smallest absolute Gasteiger partial charge is 0.0726 e. The van der Waals surface area contributed by atoms with Crippen molar-refractivity contribution in [3.8, 4) is 0 Å². The molecule has 3 nitrogen and oxygen atoms in total. The maximum Gasteiger partial charge on any atom is 0.0726 e. The Kier molecular flexibility index (Phi) is 3.38. The molecular formula is C17H23N3. The molecule has 106 valence electrons. The molecule has 1 saturated heterocycles. The third-order valence-electron chi connectivity index (χ3n) is 4.32. The van der Waals surface area contributed by atoms with Crippen LogP contribution < -0.4 is 10.2 Å². The molecule has 0 aliphatic carbocycles. The van der Waals surface area contributed by atoms with Crippen molar-refractivity contribution >= 4 is 16.6 Å². The molecule has 2 heterocycles. The molecule has 1 N–H and O–H groups in total. The minimum atomic E-state index is 0.368. The summed E-state index contributed by atoms with van der Waals surface area (Å²) in [5.74, 6) is 0. The number of aryl methyl sites for hydroxylation is 1.